The Balaban J connectivity index is 0.000000203. The van der Waals surface area contributed by atoms with Gasteiger partial charge in [0.05, 0.1) is 0 Å². The summed E-state index contributed by atoms with van der Waals surface area (Å²) in [6, 6.07) is 14.4. The maximum atomic E-state index is 10.7. The number of rotatable bonds is 0. The molecule has 104 valence electrons. The van der Waals surface area contributed by atoms with E-state index in [1.54, 1.807) is 0 Å². The molecule has 19 heavy (non-hydrogen) atoms. The van der Waals surface area contributed by atoms with Crippen LogP contribution in [0.3, 0.4) is 0 Å². The van der Waals surface area contributed by atoms with Crippen molar-refractivity contribution in [1.29, 1.82) is 0 Å². The highest BCUT2D eigenvalue weighted by molar-refractivity contribution is 7.86. The zero-order valence-corrected chi connectivity index (χ0v) is 11.0. The first-order chi connectivity index (χ1) is 8.63. The summed E-state index contributed by atoms with van der Waals surface area (Å²) in [5.41, 5.74) is -5.53. The van der Waals surface area contributed by atoms with Crippen molar-refractivity contribution in [2.45, 2.75) is 10.4 Å². The van der Waals surface area contributed by atoms with E-state index >= 15 is 0 Å². The van der Waals surface area contributed by atoms with Crippen LogP contribution >= 0.6 is 12.6 Å². The SMILES string of the molecule is O=S(=O)(O)C(F)(F)F.Sc1cccc2ccccc12. The lowest BCUT2D eigenvalue weighted by Crippen LogP contribution is -2.21. The molecule has 0 saturated carbocycles. The molecule has 0 fully saturated rings. The number of thiol groups is 1. The Morgan fingerprint density at radius 1 is 1.00 bits per heavy atom. The van der Waals surface area contributed by atoms with Gasteiger partial charge in [0.1, 0.15) is 0 Å². The molecule has 0 aliphatic carbocycles. The van der Waals surface area contributed by atoms with Crippen LogP contribution in [-0.4, -0.2) is 18.5 Å². The highest BCUT2D eigenvalue weighted by Gasteiger charge is 2.44. The Labute approximate surface area is 113 Å². The zero-order valence-electron chi connectivity index (χ0n) is 9.29. The third-order valence-corrected chi connectivity index (χ3v) is 3.03. The lowest BCUT2D eigenvalue weighted by Gasteiger charge is -1.98. The predicted octanol–water partition coefficient (Wildman–Crippen LogP) is 3.52. The van der Waals surface area contributed by atoms with Crippen molar-refractivity contribution >= 4 is 33.5 Å². The molecular formula is C11H9F3O3S2. The topological polar surface area (TPSA) is 54.4 Å². The largest absolute Gasteiger partial charge is 0.522 e. The predicted molar refractivity (Wildman–Crippen MR) is 68.8 cm³/mol. The Bertz CT molecular complexity index is 661. The molecule has 0 spiro atoms. The Kier molecular flexibility index (Phi) is 4.83. The monoisotopic (exact) mass is 310 g/mol. The van der Waals surface area contributed by atoms with Crippen LogP contribution in [0, 0.1) is 0 Å². The van der Waals surface area contributed by atoms with E-state index < -0.39 is 15.6 Å². The van der Waals surface area contributed by atoms with E-state index in [2.05, 4.69) is 30.8 Å². The average molecular weight is 310 g/mol. The molecule has 0 unspecified atom stereocenters. The van der Waals surface area contributed by atoms with Gasteiger partial charge in [-0.1, -0.05) is 36.4 Å². The maximum absolute atomic E-state index is 10.7. The summed E-state index contributed by atoms with van der Waals surface area (Å²) < 4.78 is 57.5. The normalized spacial score (nSPS) is 11.8. The molecule has 8 heteroatoms. The highest BCUT2D eigenvalue weighted by atomic mass is 32.2. The van der Waals surface area contributed by atoms with Crippen LogP contribution in [0.1, 0.15) is 0 Å². The number of halogens is 3. The van der Waals surface area contributed by atoms with Gasteiger partial charge in [-0.15, -0.1) is 12.6 Å². The first-order valence-corrected chi connectivity index (χ1v) is 6.72. The Morgan fingerprint density at radius 2 is 1.47 bits per heavy atom. The number of hydrogen-bond acceptors (Lipinski definition) is 3. The molecule has 2 rings (SSSR count). The highest BCUT2D eigenvalue weighted by Crippen LogP contribution is 2.21. The quantitative estimate of drug-likeness (QED) is 0.445. The van der Waals surface area contributed by atoms with Gasteiger partial charge in [-0.3, -0.25) is 4.55 Å². The molecule has 0 amide bonds. The van der Waals surface area contributed by atoms with E-state index in [4.69, 9.17) is 13.0 Å². The summed E-state index contributed by atoms with van der Waals surface area (Å²) in [5.74, 6) is 0. The number of alkyl halides is 3. The van der Waals surface area contributed by atoms with Crippen LogP contribution in [0.4, 0.5) is 13.2 Å². The molecule has 0 bridgehead atoms. The molecule has 0 atom stereocenters. The fraction of sp³-hybridized carbons (Fsp3) is 0.0909. The van der Waals surface area contributed by atoms with Gasteiger partial charge in [0.2, 0.25) is 0 Å². The lowest BCUT2D eigenvalue weighted by molar-refractivity contribution is -0.0510. The van der Waals surface area contributed by atoms with E-state index in [9.17, 15) is 13.2 Å². The third kappa shape index (κ3) is 4.41. The van der Waals surface area contributed by atoms with Crippen LogP contribution in [0.5, 0.6) is 0 Å². The van der Waals surface area contributed by atoms with Gasteiger partial charge in [-0.05, 0) is 16.8 Å². The molecule has 2 aromatic rings. The molecule has 3 nitrogen and oxygen atoms in total. The molecule has 1 N–H and O–H groups in total. The molecule has 0 heterocycles. The van der Waals surface area contributed by atoms with Gasteiger partial charge in [-0.25, -0.2) is 0 Å². The van der Waals surface area contributed by atoms with Crippen LogP contribution in [0.15, 0.2) is 47.4 Å². The van der Waals surface area contributed by atoms with Gasteiger partial charge >= 0.3 is 15.6 Å². The summed E-state index contributed by atoms with van der Waals surface area (Å²) in [5, 5.41) is 2.47. The molecule has 0 aliphatic rings. The fourth-order valence-electron chi connectivity index (χ4n) is 1.21. The first kappa shape index (κ1) is 15.8. The molecule has 2 aromatic carbocycles. The standard InChI is InChI=1S/C10H8S.CHF3O3S/c11-10-7-3-5-8-4-1-2-6-9(8)10;2-1(3,4)8(5,6)7/h1-7,11H;(H,5,6,7). The second-order valence-corrected chi connectivity index (χ2v) is 5.31. The third-order valence-electron chi connectivity index (χ3n) is 2.06. The minimum atomic E-state index is -5.84. The van der Waals surface area contributed by atoms with Crippen molar-refractivity contribution in [1.82, 2.24) is 0 Å². The van der Waals surface area contributed by atoms with Crippen molar-refractivity contribution < 1.29 is 26.1 Å². The Hall–Kier alpha value is -1.25. The average Bonchev–Trinajstić information content (AvgIpc) is 2.28. The summed E-state index contributed by atoms with van der Waals surface area (Å²) in [7, 11) is -5.84. The second kappa shape index (κ2) is 5.81. The zero-order chi connectivity index (χ0) is 14.7. The second-order valence-electron chi connectivity index (χ2n) is 3.42. The van der Waals surface area contributed by atoms with E-state index in [0.29, 0.717) is 0 Å². The van der Waals surface area contributed by atoms with Crippen molar-refractivity contribution in [3.05, 3.63) is 42.5 Å². The Morgan fingerprint density at radius 3 is 1.95 bits per heavy atom. The smallest absolute Gasteiger partial charge is 0.279 e. The minimum absolute atomic E-state index is 1.04. The number of hydrogen-bond donors (Lipinski definition) is 2. The van der Waals surface area contributed by atoms with Crippen molar-refractivity contribution in [2.75, 3.05) is 0 Å². The molecule has 0 radical (unpaired) electrons. The van der Waals surface area contributed by atoms with Crippen LogP contribution in [0.2, 0.25) is 0 Å². The van der Waals surface area contributed by atoms with Gasteiger partial charge in [0.25, 0.3) is 0 Å². The van der Waals surface area contributed by atoms with Gasteiger partial charge in [0, 0.05) is 4.90 Å². The van der Waals surface area contributed by atoms with Crippen LogP contribution < -0.4 is 0 Å². The summed E-state index contributed by atoms with van der Waals surface area (Å²) in [6.07, 6.45) is 0. The fourth-order valence-corrected chi connectivity index (χ4v) is 1.50. The van der Waals surface area contributed by atoms with E-state index in [1.807, 2.05) is 24.3 Å². The lowest BCUT2D eigenvalue weighted by atomic mass is 10.1. The number of benzene rings is 2. The molecule has 0 aromatic heterocycles. The van der Waals surface area contributed by atoms with E-state index in [-0.39, 0.29) is 0 Å². The minimum Gasteiger partial charge on any atom is -0.279 e. The van der Waals surface area contributed by atoms with Crippen molar-refractivity contribution in [2.24, 2.45) is 0 Å². The van der Waals surface area contributed by atoms with Gasteiger partial charge in [-0.2, -0.15) is 21.6 Å². The summed E-state index contributed by atoms with van der Waals surface area (Å²) >= 11 is 4.35. The van der Waals surface area contributed by atoms with Gasteiger partial charge in [0.15, 0.2) is 0 Å². The van der Waals surface area contributed by atoms with Crippen molar-refractivity contribution in [3.8, 4) is 0 Å². The van der Waals surface area contributed by atoms with Gasteiger partial charge < -0.3 is 0 Å². The molecule has 0 saturated heterocycles. The van der Waals surface area contributed by atoms with Crippen LogP contribution in [0.25, 0.3) is 10.8 Å². The number of fused-ring (bicyclic) bond motifs is 1. The van der Waals surface area contributed by atoms with Crippen molar-refractivity contribution in [3.63, 3.8) is 0 Å². The van der Waals surface area contributed by atoms with Crippen LogP contribution in [-0.2, 0) is 10.1 Å². The first-order valence-electron chi connectivity index (χ1n) is 4.83. The van der Waals surface area contributed by atoms with E-state index in [1.165, 1.54) is 10.8 Å². The molecular weight excluding hydrogens is 301 g/mol. The summed E-state index contributed by atoms with van der Waals surface area (Å²) in [6.45, 7) is 0. The van der Waals surface area contributed by atoms with E-state index in [0.717, 1.165) is 4.90 Å². The molecule has 0 aliphatic heterocycles. The summed E-state index contributed by atoms with van der Waals surface area (Å²) in [4.78, 5) is 1.04. The maximum Gasteiger partial charge on any atom is 0.522 e.